The molecule has 1 N–H and O–H groups in total. The molecular formula is C15H14BrClFN. The molecule has 100 valence electrons. The fraction of sp³-hybridized carbons (Fsp3) is 0.200. The Labute approximate surface area is 125 Å². The van der Waals surface area contributed by atoms with Gasteiger partial charge in [0.05, 0.1) is 0 Å². The van der Waals surface area contributed by atoms with Crippen LogP contribution in [-0.4, -0.2) is 0 Å². The number of nitrogens with one attached hydrogen (secondary N) is 1. The van der Waals surface area contributed by atoms with Crippen molar-refractivity contribution in [1.29, 1.82) is 0 Å². The van der Waals surface area contributed by atoms with Gasteiger partial charge in [-0.25, -0.2) is 4.39 Å². The molecular weight excluding hydrogens is 329 g/mol. The van der Waals surface area contributed by atoms with Crippen LogP contribution < -0.4 is 5.32 Å². The average molecular weight is 343 g/mol. The molecule has 0 aliphatic rings. The third kappa shape index (κ3) is 4.03. The smallest absolute Gasteiger partial charge is 0.123 e. The average Bonchev–Trinajstić information content (AvgIpc) is 2.37. The highest BCUT2D eigenvalue weighted by molar-refractivity contribution is 9.10. The molecule has 0 aliphatic carbocycles. The monoisotopic (exact) mass is 341 g/mol. The summed E-state index contributed by atoms with van der Waals surface area (Å²) in [6.45, 7) is 2.64. The van der Waals surface area contributed by atoms with Crippen molar-refractivity contribution in [2.75, 3.05) is 0 Å². The summed E-state index contributed by atoms with van der Waals surface area (Å²) in [5.74, 6) is -0.215. The van der Waals surface area contributed by atoms with Crippen LogP contribution >= 0.6 is 27.5 Å². The molecule has 0 fully saturated rings. The molecule has 1 nitrogen and oxygen atoms in total. The number of benzene rings is 2. The summed E-state index contributed by atoms with van der Waals surface area (Å²) in [7, 11) is 0. The predicted octanol–water partition coefficient (Wildman–Crippen LogP) is 5.09. The SMILES string of the molecule is C[C@@H](NCc1ccc(Br)cc1Cl)c1cccc(F)c1. The summed E-state index contributed by atoms with van der Waals surface area (Å²) in [4.78, 5) is 0. The quantitative estimate of drug-likeness (QED) is 0.816. The predicted molar refractivity (Wildman–Crippen MR) is 80.8 cm³/mol. The fourth-order valence-electron chi connectivity index (χ4n) is 1.82. The van der Waals surface area contributed by atoms with Crippen molar-refractivity contribution >= 4 is 27.5 Å². The lowest BCUT2D eigenvalue weighted by Gasteiger charge is -2.15. The zero-order valence-electron chi connectivity index (χ0n) is 10.5. The molecule has 0 heterocycles. The van der Waals surface area contributed by atoms with Crippen LogP contribution in [0.4, 0.5) is 4.39 Å². The highest BCUT2D eigenvalue weighted by Crippen LogP contribution is 2.22. The highest BCUT2D eigenvalue weighted by Gasteiger charge is 2.07. The van der Waals surface area contributed by atoms with Gasteiger partial charge in [-0.05, 0) is 42.3 Å². The Bertz CT molecular complexity index is 574. The van der Waals surface area contributed by atoms with E-state index in [0.29, 0.717) is 11.6 Å². The first-order valence-electron chi connectivity index (χ1n) is 5.99. The van der Waals surface area contributed by atoms with Gasteiger partial charge in [0.15, 0.2) is 0 Å². The summed E-state index contributed by atoms with van der Waals surface area (Å²) in [5.41, 5.74) is 1.95. The van der Waals surface area contributed by atoms with E-state index in [4.69, 9.17) is 11.6 Å². The van der Waals surface area contributed by atoms with Crippen molar-refractivity contribution in [3.63, 3.8) is 0 Å². The van der Waals surface area contributed by atoms with Crippen molar-refractivity contribution in [3.8, 4) is 0 Å². The Kier molecular flexibility index (Phi) is 4.97. The molecule has 2 rings (SSSR count). The third-order valence-electron chi connectivity index (χ3n) is 2.96. The first-order chi connectivity index (χ1) is 9.06. The first-order valence-corrected chi connectivity index (χ1v) is 7.16. The zero-order valence-corrected chi connectivity index (χ0v) is 12.8. The van der Waals surface area contributed by atoms with Gasteiger partial charge >= 0.3 is 0 Å². The topological polar surface area (TPSA) is 12.0 Å². The van der Waals surface area contributed by atoms with Crippen molar-refractivity contribution in [3.05, 3.63) is 68.9 Å². The summed E-state index contributed by atoms with van der Waals surface area (Å²) in [6.07, 6.45) is 0. The van der Waals surface area contributed by atoms with Crippen molar-refractivity contribution < 1.29 is 4.39 Å². The number of rotatable bonds is 4. The molecule has 0 unspecified atom stereocenters. The van der Waals surface area contributed by atoms with Gasteiger partial charge in [0.1, 0.15) is 5.82 Å². The summed E-state index contributed by atoms with van der Waals surface area (Å²) in [6, 6.07) is 12.5. The molecule has 0 saturated heterocycles. The second-order valence-electron chi connectivity index (χ2n) is 4.39. The minimum Gasteiger partial charge on any atom is -0.306 e. The van der Waals surface area contributed by atoms with Crippen LogP contribution in [0.5, 0.6) is 0 Å². The van der Waals surface area contributed by atoms with E-state index in [0.717, 1.165) is 15.6 Å². The van der Waals surface area contributed by atoms with E-state index in [9.17, 15) is 4.39 Å². The van der Waals surface area contributed by atoms with Gasteiger partial charge in [0.2, 0.25) is 0 Å². The van der Waals surface area contributed by atoms with Gasteiger partial charge in [-0.1, -0.05) is 45.7 Å². The van der Waals surface area contributed by atoms with Crippen LogP contribution in [0.25, 0.3) is 0 Å². The van der Waals surface area contributed by atoms with Crippen molar-refractivity contribution in [1.82, 2.24) is 5.32 Å². The standard InChI is InChI=1S/C15H14BrClFN/c1-10(11-3-2-4-14(18)7-11)19-9-12-5-6-13(16)8-15(12)17/h2-8,10,19H,9H2,1H3/t10-/m1/s1. The summed E-state index contributed by atoms with van der Waals surface area (Å²) in [5, 5.41) is 4.05. The minimum absolute atomic E-state index is 0.0652. The fourth-order valence-corrected chi connectivity index (χ4v) is 2.56. The van der Waals surface area contributed by atoms with Crippen LogP contribution in [0.1, 0.15) is 24.1 Å². The van der Waals surface area contributed by atoms with E-state index in [1.54, 1.807) is 12.1 Å². The van der Waals surface area contributed by atoms with E-state index < -0.39 is 0 Å². The number of hydrogen-bond acceptors (Lipinski definition) is 1. The maximum atomic E-state index is 13.1. The lowest BCUT2D eigenvalue weighted by atomic mass is 10.1. The third-order valence-corrected chi connectivity index (χ3v) is 3.81. The van der Waals surface area contributed by atoms with Gasteiger partial charge in [0, 0.05) is 22.1 Å². The molecule has 0 bridgehead atoms. The van der Waals surface area contributed by atoms with Crippen molar-refractivity contribution in [2.24, 2.45) is 0 Å². The second-order valence-corrected chi connectivity index (χ2v) is 5.72. The maximum Gasteiger partial charge on any atom is 0.123 e. The Balaban J connectivity index is 2.02. The van der Waals surface area contributed by atoms with Crippen molar-refractivity contribution in [2.45, 2.75) is 19.5 Å². The summed E-state index contributed by atoms with van der Waals surface area (Å²) >= 11 is 9.53. The molecule has 0 spiro atoms. The van der Waals surface area contributed by atoms with E-state index >= 15 is 0 Å². The molecule has 0 amide bonds. The van der Waals surface area contributed by atoms with E-state index in [2.05, 4.69) is 21.2 Å². The Morgan fingerprint density at radius 1 is 1.26 bits per heavy atom. The van der Waals surface area contributed by atoms with Gasteiger partial charge in [-0.3, -0.25) is 0 Å². The highest BCUT2D eigenvalue weighted by atomic mass is 79.9. The molecule has 0 radical (unpaired) electrons. The second kappa shape index (κ2) is 6.51. The van der Waals surface area contributed by atoms with Crippen LogP contribution in [-0.2, 0) is 6.54 Å². The maximum absolute atomic E-state index is 13.1. The lowest BCUT2D eigenvalue weighted by molar-refractivity contribution is 0.565. The summed E-state index contributed by atoms with van der Waals surface area (Å²) < 4.78 is 14.1. The minimum atomic E-state index is -0.215. The van der Waals surface area contributed by atoms with Gasteiger partial charge < -0.3 is 5.32 Å². The molecule has 4 heteroatoms. The van der Waals surface area contributed by atoms with Gasteiger partial charge in [-0.15, -0.1) is 0 Å². The molecule has 0 aliphatic heterocycles. The molecule has 2 aromatic rings. The van der Waals surface area contributed by atoms with Crippen LogP contribution in [0.15, 0.2) is 46.9 Å². The molecule has 2 aromatic carbocycles. The van der Waals surface area contributed by atoms with Crippen LogP contribution in [0.3, 0.4) is 0 Å². The van der Waals surface area contributed by atoms with E-state index in [1.807, 2.05) is 31.2 Å². The van der Waals surface area contributed by atoms with Gasteiger partial charge in [-0.2, -0.15) is 0 Å². The zero-order chi connectivity index (χ0) is 13.8. The molecule has 0 aromatic heterocycles. The molecule has 0 saturated carbocycles. The first kappa shape index (κ1) is 14.5. The number of halogens is 3. The van der Waals surface area contributed by atoms with Crippen LogP contribution in [0.2, 0.25) is 5.02 Å². The Morgan fingerprint density at radius 2 is 2.05 bits per heavy atom. The molecule has 1 atom stereocenters. The Morgan fingerprint density at radius 3 is 2.74 bits per heavy atom. The lowest BCUT2D eigenvalue weighted by Crippen LogP contribution is -2.18. The van der Waals surface area contributed by atoms with Crippen LogP contribution in [0, 0.1) is 5.82 Å². The normalized spacial score (nSPS) is 12.4. The Hall–Kier alpha value is -0.900. The van der Waals surface area contributed by atoms with E-state index in [-0.39, 0.29) is 11.9 Å². The largest absolute Gasteiger partial charge is 0.306 e. The number of hydrogen-bond donors (Lipinski definition) is 1. The van der Waals surface area contributed by atoms with Gasteiger partial charge in [0.25, 0.3) is 0 Å². The van der Waals surface area contributed by atoms with E-state index in [1.165, 1.54) is 6.07 Å². The molecule has 19 heavy (non-hydrogen) atoms.